The minimum atomic E-state index is -0.0974. The number of aliphatic hydroxyl groups is 1. The van der Waals surface area contributed by atoms with Gasteiger partial charge in [-0.3, -0.25) is 0 Å². The molecule has 0 amide bonds. The number of benzene rings is 1. The molecular weight excluding hydrogens is 178 g/mol. The summed E-state index contributed by atoms with van der Waals surface area (Å²) in [5, 5.41) is 22.1. The van der Waals surface area contributed by atoms with Crippen molar-refractivity contribution < 1.29 is 10.2 Å². The molecule has 1 aliphatic rings. The third kappa shape index (κ3) is 1.61. The summed E-state index contributed by atoms with van der Waals surface area (Å²) in [7, 11) is 0. The van der Waals surface area contributed by atoms with Crippen LogP contribution >= 0.6 is 0 Å². The highest BCUT2D eigenvalue weighted by Gasteiger charge is 2.20. The van der Waals surface area contributed by atoms with E-state index in [1.165, 1.54) is 0 Å². The van der Waals surface area contributed by atoms with E-state index in [4.69, 9.17) is 5.11 Å². The Hall–Kier alpha value is -1.06. The van der Waals surface area contributed by atoms with Crippen LogP contribution in [0.25, 0.3) is 0 Å². The number of rotatable bonds is 2. The van der Waals surface area contributed by atoms with Crippen molar-refractivity contribution in [2.75, 3.05) is 13.1 Å². The van der Waals surface area contributed by atoms with Crippen molar-refractivity contribution >= 4 is 0 Å². The maximum absolute atomic E-state index is 9.86. The number of phenols is 1. The SMILES string of the molecule is OCc1cccc(C2CCNC2)c1O. The second kappa shape index (κ2) is 3.98. The molecule has 3 N–H and O–H groups in total. The van der Waals surface area contributed by atoms with Gasteiger partial charge in [-0.15, -0.1) is 0 Å². The van der Waals surface area contributed by atoms with E-state index in [2.05, 4.69) is 5.32 Å². The molecule has 1 heterocycles. The zero-order valence-corrected chi connectivity index (χ0v) is 8.03. The quantitative estimate of drug-likeness (QED) is 0.655. The highest BCUT2D eigenvalue weighted by molar-refractivity contribution is 5.42. The van der Waals surface area contributed by atoms with Crippen molar-refractivity contribution in [1.29, 1.82) is 0 Å². The van der Waals surface area contributed by atoms with Crippen LogP contribution in [0.4, 0.5) is 0 Å². The summed E-state index contributed by atoms with van der Waals surface area (Å²) in [6.45, 7) is 1.83. The lowest BCUT2D eigenvalue weighted by Crippen LogP contribution is -2.08. The third-order valence-electron chi connectivity index (χ3n) is 2.82. The van der Waals surface area contributed by atoms with E-state index in [0.717, 1.165) is 25.1 Å². The van der Waals surface area contributed by atoms with Gasteiger partial charge in [0, 0.05) is 18.0 Å². The topological polar surface area (TPSA) is 52.5 Å². The molecule has 0 spiro atoms. The highest BCUT2D eigenvalue weighted by Crippen LogP contribution is 2.32. The Morgan fingerprint density at radius 1 is 1.43 bits per heavy atom. The fourth-order valence-electron chi connectivity index (χ4n) is 1.99. The summed E-state index contributed by atoms with van der Waals surface area (Å²) in [5.74, 6) is 0.658. The Balaban J connectivity index is 2.32. The first kappa shape index (κ1) is 9.49. The predicted molar refractivity (Wildman–Crippen MR) is 54.3 cm³/mol. The number of aromatic hydroxyl groups is 1. The molecule has 1 aromatic carbocycles. The normalized spacial score (nSPS) is 21.4. The molecule has 1 atom stereocenters. The number of hydrogen-bond acceptors (Lipinski definition) is 3. The van der Waals surface area contributed by atoms with Crippen molar-refractivity contribution in [2.45, 2.75) is 18.9 Å². The molecule has 1 fully saturated rings. The highest BCUT2D eigenvalue weighted by atomic mass is 16.3. The van der Waals surface area contributed by atoms with Gasteiger partial charge in [0.15, 0.2) is 0 Å². The molecule has 3 nitrogen and oxygen atoms in total. The van der Waals surface area contributed by atoms with Gasteiger partial charge in [-0.05, 0) is 18.5 Å². The third-order valence-corrected chi connectivity index (χ3v) is 2.82. The van der Waals surface area contributed by atoms with Crippen LogP contribution in [0, 0.1) is 0 Å². The minimum Gasteiger partial charge on any atom is -0.507 e. The number of nitrogens with one attached hydrogen (secondary N) is 1. The molecule has 2 rings (SSSR count). The maximum atomic E-state index is 9.86. The first-order valence-corrected chi connectivity index (χ1v) is 4.95. The lowest BCUT2D eigenvalue weighted by atomic mass is 9.95. The fourth-order valence-corrected chi connectivity index (χ4v) is 1.99. The molecule has 0 aromatic heterocycles. The zero-order chi connectivity index (χ0) is 9.97. The van der Waals surface area contributed by atoms with E-state index in [0.29, 0.717) is 11.5 Å². The largest absolute Gasteiger partial charge is 0.507 e. The number of aliphatic hydroxyl groups excluding tert-OH is 1. The van der Waals surface area contributed by atoms with Crippen molar-refractivity contribution in [2.24, 2.45) is 0 Å². The van der Waals surface area contributed by atoms with Gasteiger partial charge in [0.05, 0.1) is 6.61 Å². The van der Waals surface area contributed by atoms with E-state index < -0.39 is 0 Å². The number of para-hydroxylation sites is 1. The average Bonchev–Trinajstić information content (AvgIpc) is 2.71. The first-order chi connectivity index (χ1) is 6.83. The molecule has 1 saturated heterocycles. The summed E-state index contributed by atoms with van der Waals surface area (Å²) in [6, 6.07) is 5.58. The second-order valence-electron chi connectivity index (χ2n) is 3.70. The van der Waals surface area contributed by atoms with Crippen LogP contribution < -0.4 is 5.32 Å². The van der Waals surface area contributed by atoms with Crippen molar-refractivity contribution in [3.8, 4) is 5.75 Å². The van der Waals surface area contributed by atoms with Crippen LogP contribution in [0.2, 0.25) is 0 Å². The number of hydrogen-bond donors (Lipinski definition) is 3. The van der Waals surface area contributed by atoms with E-state index in [-0.39, 0.29) is 12.4 Å². The summed E-state index contributed by atoms with van der Waals surface area (Å²) in [6.07, 6.45) is 1.06. The first-order valence-electron chi connectivity index (χ1n) is 4.95. The van der Waals surface area contributed by atoms with Crippen LogP contribution in [0.1, 0.15) is 23.5 Å². The molecular formula is C11H15NO2. The van der Waals surface area contributed by atoms with Crippen LogP contribution in [0.15, 0.2) is 18.2 Å². The molecule has 1 unspecified atom stereocenters. The lowest BCUT2D eigenvalue weighted by molar-refractivity contribution is 0.275. The summed E-state index contributed by atoms with van der Waals surface area (Å²) < 4.78 is 0. The van der Waals surface area contributed by atoms with Gasteiger partial charge in [0.25, 0.3) is 0 Å². The van der Waals surface area contributed by atoms with Crippen LogP contribution in [-0.4, -0.2) is 23.3 Å². The standard InChI is InChI=1S/C11H15NO2/c13-7-9-2-1-3-10(11(9)14)8-4-5-12-6-8/h1-3,8,12-14H,4-7H2. The van der Waals surface area contributed by atoms with Gasteiger partial charge < -0.3 is 15.5 Å². The van der Waals surface area contributed by atoms with Crippen LogP contribution in [0.5, 0.6) is 5.75 Å². The van der Waals surface area contributed by atoms with E-state index in [1.54, 1.807) is 6.07 Å². The second-order valence-corrected chi connectivity index (χ2v) is 3.70. The molecule has 0 aliphatic carbocycles. The van der Waals surface area contributed by atoms with E-state index >= 15 is 0 Å². The van der Waals surface area contributed by atoms with Crippen molar-refractivity contribution in [1.82, 2.24) is 5.32 Å². The van der Waals surface area contributed by atoms with Gasteiger partial charge >= 0.3 is 0 Å². The van der Waals surface area contributed by atoms with Gasteiger partial charge in [0.2, 0.25) is 0 Å². The van der Waals surface area contributed by atoms with Gasteiger partial charge in [0.1, 0.15) is 5.75 Å². The Morgan fingerprint density at radius 2 is 2.29 bits per heavy atom. The molecule has 0 saturated carbocycles. The summed E-state index contributed by atoms with van der Waals surface area (Å²) in [5.41, 5.74) is 1.58. The smallest absolute Gasteiger partial charge is 0.124 e. The molecule has 1 aromatic rings. The van der Waals surface area contributed by atoms with E-state index in [1.807, 2.05) is 12.1 Å². The Labute approximate surface area is 83.4 Å². The molecule has 1 aliphatic heterocycles. The van der Waals surface area contributed by atoms with Crippen LogP contribution in [-0.2, 0) is 6.61 Å². The summed E-state index contributed by atoms with van der Waals surface area (Å²) in [4.78, 5) is 0. The Morgan fingerprint density at radius 3 is 2.93 bits per heavy atom. The maximum Gasteiger partial charge on any atom is 0.124 e. The van der Waals surface area contributed by atoms with Gasteiger partial charge in [-0.1, -0.05) is 18.2 Å². The van der Waals surface area contributed by atoms with Crippen LogP contribution in [0.3, 0.4) is 0 Å². The fraction of sp³-hybridized carbons (Fsp3) is 0.455. The lowest BCUT2D eigenvalue weighted by Gasteiger charge is -2.12. The van der Waals surface area contributed by atoms with E-state index in [9.17, 15) is 5.11 Å². The Kier molecular flexibility index (Phi) is 2.70. The molecule has 3 heteroatoms. The molecule has 0 bridgehead atoms. The average molecular weight is 193 g/mol. The predicted octanol–water partition coefficient (Wildman–Crippen LogP) is 0.961. The molecule has 0 radical (unpaired) electrons. The monoisotopic (exact) mass is 193 g/mol. The molecule has 76 valence electrons. The van der Waals surface area contributed by atoms with Gasteiger partial charge in [-0.2, -0.15) is 0 Å². The zero-order valence-electron chi connectivity index (χ0n) is 8.03. The van der Waals surface area contributed by atoms with Crippen molar-refractivity contribution in [3.05, 3.63) is 29.3 Å². The summed E-state index contributed by atoms with van der Waals surface area (Å²) >= 11 is 0. The molecule has 14 heavy (non-hydrogen) atoms. The van der Waals surface area contributed by atoms with Gasteiger partial charge in [-0.25, -0.2) is 0 Å². The minimum absolute atomic E-state index is 0.0974. The Bertz CT molecular complexity index is 319. The van der Waals surface area contributed by atoms with Crippen molar-refractivity contribution in [3.63, 3.8) is 0 Å².